The summed E-state index contributed by atoms with van der Waals surface area (Å²) in [6, 6.07) is 16.6. The number of rotatable bonds is 6. The number of amides is 1. The van der Waals surface area contributed by atoms with Crippen LogP contribution in [0.4, 0.5) is 5.82 Å². The van der Waals surface area contributed by atoms with E-state index in [1.807, 2.05) is 43.4 Å². The zero-order valence-corrected chi connectivity index (χ0v) is 22.9. The Bertz CT molecular complexity index is 1690. The number of carbonyl (C=O) groups excluding carboxylic acids is 1. The minimum atomic E-state index is -3.50. The second-order valence-electron chi connectivity index (χ2n) is 9.95. The van der Waals surface area contributed by atoms with Gasteiger partial charge in [-0.2, -0.15) is 0 Å². The van der Waals surface area contributed by atoms with Crippen LogP contribution in [-0.2, 0) is 32.5 Å². The second kappa shape index (κ2) is 10.9. The summed E-state index contributed by atoms with van der Waals surface area (Å²) in [5.41, 5.74) is 3.70. The third-order valence-corrected chi connectivity index (χ3v) is 9.04. The van der Waals surface area contributed by atoms with Gasteiger partial charge in [0.15, 0.2) is 9.84 Å². The summed E-state index contributed by atoms with van der Waals surface area (Å²) in [5.74, 6) is 0.378. The molecule has 1 atom stereocenters. The van der Waals surface area contributed by atoms with Crippen LogP contribution < -0.4 is 10.2 Å². The highest BCUT2D eigenvalue weighted by Crippen LogP contribution is 2.25. The molecule has 2 aliphatic heterocycles. The lowest BCUT2D eigenvalue weighted by atomic mass is 10.1. The summed E-state index contributed by atoms with van der Waals surface area (Å²) < 4.78 is 36.0. The van der Waals surface area contributed by atoms with Crippen LogP contribution in [0, 0.1) is 0 Å². The van der Waals surface area contributed by atoms with Crippen LogP contribution in [0.25, 0.3) is 22.3 Å². The molecule has 0 aliphatic carbocycles. The molecule has 10 nitrogen and oxygen atoms in total. The van der Waals surface area contributed by atoms with Crippen LogP contribution in [0.3, 0.4) is 0 Å². The quantitative estimate of drug-likeness (QED) is 0.379. The van der Waals surface area contributed by atoms with Gasteiger partial charge in [-0.15, -0.1) is 0 Å². The highest BCUT2D eigenvalue weighted by Gasteiger charge is 2.24. The maximum absolute atomic E-state index is 12.9. The molecule has 11 heteroatoms. The van der Waals surface area contributed by atoms with Crippen molar-refractivity contribution in [2.75, 3.05) is 37.5 Å². The first-order valence-corrected chi connectivity index (χ1v) is 14.8. The van der Waals surface area contributed by atoms with E-state index in [-0.39, 0.29) is 41.9 Å². The van der Waals surface area contributed by atoms with Crippen LogP contribution in [-0.4, -0.2) is 67.9 Å². The number of fused-ring (bicyclic) bond motifs is 2. The molecule has 1 saturated heterocycles. The van der Waals surface area contributed by atoms with Gasteiger partial charge in [0.25, 0.3) is 5.91 Å². The van der Waals surface area contributed by atoms with Gasteiger partial charge in [-0.1, -0.05) is 12.1 Å². The first-order chi connectivity index (χ1) is 19.4. The smallest absolute Gasteiger partial charge is 0.251 e. The minimum Gasteiger partial charge on any atom is -0.379 e. The number of likely N-dealkylation sites (N-methyl/N-ethyl adjacent to an activating group) is 1. The van der Waals surface area contributed by atoms with Gasteiger partial charge in [0.1, 0.15) is 5.82 Å². The van der Waals surface area contributed by atoms with Gasteiger partial charge in [0, 0.05) is 30.8 Å². The minimum absolute atomic E-state index is 0.104. The van der Waals surface area contributed by atoms with Crippen LogP contribution in [0.15, 0.2) is 65.7 Å². The molecule has 5 heterocycles. The second-order valence-corrected chi connectivity index (χ2v) is 12.0. The van der Waals surface area contributed by atoms with Crippen LogP contribution in [0.1, 0.15) is 28.0 Å². The van der Waals surface area contributed by atoms with Crippen molar-refractivity contribution in [3.63, 3.8) is 0 Å². The van der Waals surface area contributed by atoms with E-state index in [0.717, 1.165) is 41.1 Å². The first-order valence-electron chi connectivity index (χ1n) is 13.1. The number of hydrogen-bond donors (Lipinski definition) is 1. The predicted octanol–water partition coefficient (Wildman–Crippen LogP) is 3.15. The first kappa shape index (κ1) is 26.3. The number of nitrogens with one attached hydrogen (secondary N) is 1. The van der Waals surface area contributed by atoms with Gasteiger partial charge in [0.05, 0.1) is 65.7 Å². The molecule has 0 radical (unpaired) electrons. The lowest BCUT2D eigenvalue weighted by molar-refractivity contribution is 0.0950. The Morgan fingerprint density at radius 3 is 2.77 bits per heavy atom. The van der Waals surface area contributed by atoms with Crippen LogP contribution >= 0.6 is 0 Å². The maximum atomic E-state index is 12.9. The number of ether oxygens (including phenoxy) is 2. The highest BCUT2D eigenvalue weighted by atomic mass is 32.2. The zero-order chi connectivity index (χ0) is 27.7. The molecule has 0 bridgehead atoms. The van der Waals surface area contributed by atoms with Crippen molar-refractivity contribution in [3.8, 4) is 11.4 Å². The summed E-state index contributed by atoms with van der Waals surface area (Å²) in [4.78, 5) is 29.3. The number of benzene rings is 1. The van der Waals surface area contributed by atoms with E-state index in [4.69, 9.17) is 19.4 Å². The maximum Gasteiger partial charge on any atom is 0.251 e. The highest BCUT2D eigenvalue weighted by molar-refractivity contribution is 7.91. The fraction of sp³-hybridized carbons (Fsp3) is 0.310. The Hall–Kier alpha value is -3.93. The molecular formula is C29H29N5O5S. The van der Waals surface area contributed by atoms with Gasteiger partial charge in [-0.25, -0.2) is 18.4 Å². The number of aromatic nitrogens is 3. The SMILES string of the molecule is CN(c1cccc(-c2ccc3cnc(CNC(=O)c4ccc5c(c4)S(=O)(=O)CCOC5)cc3n2)n1)[C@@H]1CCOC1. The Kier molecular flexibility index (Phi) is 7.18. The number of nitrogens with zero attached hydrogens (tertiary/aromatic N) is 4. The van der Waals surface area contributed by atoms with Gasteiger partial charge in [0.2, 0.25) is 0 Å². The molecule has 206 valence electrons. The molecule has 3 aromatic heterocycles. The van der Waals surface area contributed by atoms with Crippen molar-refractivity contribution < 1.29 is 22.7 Å². The van der Waals surface area contributed by atoms with E-state index < -0.39 is 9.84 Å². The molecule has 0 spiro atoms. The molecule has 1 amide bonds. The molecule has 1 N–H and O–H groups in total. The fourth-order valence-electron chi connectivity index (χ4n) is 4.91. The third-order valence-electron chi connectivity index (χ3n) is 7.29. The predicted molar refractivity (Wildman–Crippen MR) is 150 cm³/mol. The van der Waals surface area contributed by atoms with E-state index in [1.54, 1.807) is 18.3 Å². The lowest BCUT2D eigenvalue weighted by Crippen LogP contribution is -2.32. The van der Waals surface area contributed by atoms with Crippen LogP contribution in [0.2, 0.25) is 0 Å². The Labute approximate surface area is 232 Å². The van der Waals surface area contributed by atoms with Crippen molar-refractivity contribution >= 4 is 32.5 Å². The monoisotopic (exact) mass is 559 g/mol. The average Bonchev–Trinajstić information content (AvgIpc) is 3.47. The summed E-state index contributed by atoms with van der Waals surface area (Å²) in [6.07, 6.45) is 2.70. The zero-order valence-electron chi connectivity index (χ0n) is 22.0. The molecule has 1 fully saturated rings. The fourth-order valence-corrected chi connectivity index (χ4v) is 6.30. The number of carbonyl (C=O) groups is 1. The van der Waals surface area contributed by atoms with Gasteiger partial charge < -0.3 is 19.7 Å². The molecule has 40 heavy (non-hydrogen) atoms. The summed E-state index contributed by atoms with van der Waals surface area (Å²) >= 11 is 0. The molecule has 0 saturated carbocycles. The summed E-state index contributed by atoms with van der Waals surface area (Å²) in [6.45, 7) is 1.97. The normalized spacial score (nSPS) is 18.2. The Morgan fingerprint density at radius 1 is 1.05 bits per heavy atom. The van der Waals surface area contributed by atoms with E-state index in [2.05, 4.69) is 15.2 Å². The van der Waals surface area contributed by atoms with Crippen molar-refractivity contribution in [1.82, 2.24) is 20.3 Å². The molecule has 4 aromatic rings. The van der Waals surface area contributed by atoms with Gasteiger partial charge in [-0.05, 0) is 54.4 Å². The van der Waals surface area contributed by atoms with E-state index in [1.165, 1.54) is 6.07 Å². The van der Waals surface area contributed by atoms with E-state index in [9.17, 15) is 13.2 Å². The number of pyridine rings is 3. The van der Waals surface area contributed by atoms with E-state index in [0.29, 0.717) is 23.9 Å². The average molecular weight is 560 g/mol. The molecule has 6 rings (SSSR count). The van der Waals surface area contributed by atoms with Crippen molar-refractivity contribution in [3.05, 3.63) is 77.6 Å². The van der Waals surface area contributed by atoms with Crippen molar-refractivity contribution in [2.24, 2.45) is 0 Å². The molecule has 1 aromatic carbocycles. The van der Waals surface area contributed by atoms with E-state index >= 15 is 0 Å². The third kappa shape index (κ3) is 5.40. The van der Waals surface area contributed by atoms with Crippen molar-refractivity contribution in [2.45, 2.75) is 30.5 Å². The topological polar surface area (TPSA) is 124 Å². The Morgan fingerprint density at radius 2 is 1.93 bits per heavy atom. The molecule has 0 unspecified atom stereocenters. The lowest BCUT2D eigenvalue weighted by Gasteiger charge is -2.24. The summed E-state index contributed by atoms with van der Waals surface area (Å²) in [7, 11) is -1.47. The Balaban J connectivity index is 1.19. The largest absolute Gasteiger partial charge is 0.379 e. The van der Waals surface area contributed by atoms with Gasteiger partial charge >= 0.3 is 0 Å². The number of sulfone groups is 1. The van der Waals surface area contributed by atoms with Gasteiger partial charge in [-0.3, -0.25) is 9.78 Å². The number of anilines is 1. The van der Waals surface area contributed by atoms with Crippen LogP contribution in [0.5, 0.6) is 0 Å². The molecule has 2 aliphatic rings. The van der Waals surface area contributed by atoms with Crippen molar-refractivity contribution in [1.29, 1.82) is 0 Å². The standard InChI is InChI=1S/C29H29N5O5S/c1-34(23-9-10-38-18-23)28-4-2-3-24(33-28)25-8-7-20-15-30-22(14-26(20)32-25)16-31-29(35)19-5-6-21-17-39-11-12-40(36,37)27(21)13-19/h2-8,13-15,23H,9-12,16-18H2,1H3,(H,31,35)/t23-/m1/s1. The number of hydrogen-bond acceptors (Lipinski definition) is 9. The molecular weight excluding hydrogens is 530 g/mol. The summed E-state index contributed by atoms with van der Waals surface area (Å²) in [5, 5.41) is 3.71.